The van der Waals surface area contributed by atoms with Gasteiger partial charge >= 0.3 is 0 Å². The largest absolute Gasteiger partial charge is 0.496 e. The molecule has 0 bridgehead atoms. The van der Waals surface area contributed by atoms with Gasteiger partial charge in [0.1, 0.15) is 23.3 Å². The van der Waals surface area contributed by atoms with Gasteiger partial charge in [-0.25, -0.2) is 4.39 Å². The number of hydrogen-bond donors (Lipinski definition) is 2. The second kappa shape index (κ2) is 10.4. The van der Waals surface area contributed by atoms with Crippen LogP contribution in [0.3, 0.4) is 0 Å². The number of aryl methyl sites for hydroxylation is 1. The molecule has 0 aromatic heterocycles. The Balaban J connectivity index is 2.16. The smallest absolute Gasteiger partial charge is 0.131 e. The van der Waals surface area contributed by atoms with E-state index < -0.39 is 17.5 Å². The Labute approximate surface area is 178 Å². The molecule has 164 valence electrons. The van der Waals surface area contributed by atoms with Crippen LogP contribution in [0.4, 0.5) is 4.39 Å². The molecular weight excluding hydrogens is 385 g/mol. The van der Waals surface area contributed by atoms with Crippen LogP contribution in [-0.2, 0) is 15.1 Å². The lowest BCUT2D eigenvalue weighted by Crippen LogP contribution is -2.52. The Morgan fingerprint density at radius 1 is 1.23 bits per heavy atom. The summed E-state index contributed by atoms with van der Waals surface area (Å²) in [5.74, 6) is 0.0619. The molecule has 5 nitrogen and oxygen atoms in total. The minimum absolute atomic E-state index is 0.362. The third-order valence-electron chi connectivity index (χ3n) is 5.69. The first-order valence-corrected chi connectivity index (χ1v) is 10.5. The van der Waals surface area contributed by atoms with E-state index in [4.69, 9.17) is 14.2 Å². The molecular formula is C24H32FNO4. The number of ether oxygens (including phenoxy) is 3. The van der Waals surface area contributed by atoms with E-state index in [1.165, 1.54) is 6.07 Å². The number of morpholine rings is 1. The normalized spacial score (nSPS) is 18.8. The zero-order valence-corrected chi connectivity index (χ0v) is 18.0. The molecule has 0 unspecified atom stereocenters. The van der Waals surface area contributed by atoms with Crippen LogP contribution >= 0.6 is 0 Å². The lowest BCUT2D eigenvalue weighted by Gasteiger charge is -2.40. The minimum Gasteiger partial charge on any atom is -0.496 e. The molecule has 3 rings (SSSR count). The third kappa shape index (κ3) is 4.83. The Bertz CT molecular complexity index is 838. The Morgan fingerprint density at radius 3 is 2.73 bits per heavy atom. The zero-order valence-electron chi connectivity index (χ0n) is 18.0. The summed E-state index contributed by atoms with van der Waals surface area (Å²) in [6, 6.07) is 10.6. The quantitative estimate of drug-likeness (QED) is 0.608. The predicted octanol–water partition coefficient (Wildman–Crippen LogP) is 3.80. The van der Waals surface area contributed by atoms with E-state index in [0.29, 0.717) is 55.0 Å². The van der Waals surface area contributed by atoms with Crippen LogP contribution in [0.2, 0.25) is 0 Å². The number of benzene rings is 2. The maximum atomic E-state index is 15.3. The highest BCUT2D eigenvalue weighted by Gasteiger charge is 2.44. The van der Waals surface area contributed by atoms with E-state index in [2.05, 4.69) is 5.32 Å². The number of hydrogen-bond acceptors (Lipinski definition) is 5. The van der Waals surface area contributed by atoms with Gasteiger partial charge in [-0.15, -0.1) is 0 Å². The summed E-state index contributed by atoms with van der Waals surface area (Å²) < 4.78 is 32.1. The molecule has 6 heteroatoms. The van der Waals surface area contributed by atoms with E-state index in [9.17, 15) is 5.11 Å². The number of unbranched alkanes of at least 4 members (excludes halogenated alkanes) is 1. The van der Waals surface area contributed by atoms with Crippen molar-refractivity contribution in [3.8, 4) is 16.9 Å². The van der Waals surface area contributed by atoms with E-state index in [1.807, 2.05) is 31.2 Å². The van der Waals surface area contributed by atoms with E-state index in [-0.39, 0.29) is 0 Å². The van der Waals surface area contributed by atoms with Gasteiger partial charge in [-0.3, -0.25) is 0 Å². The van der Waals surface area contributed by atoms with Gasteiger partial charge in [0.15, 0.2) is 0 Å². The van der Waals surface area contributed by atoms with E-state index in [1.54, 1.807) is 20.3 Å². The van der Waals surface area contributed by atoms with Crippen LogP contribution in [0.25, 0.3) is 11.1 Å². The second-order valence-corrected chi connectivity index (χ2v) is 7.81. The van der Waals surface area contributed by atoms with Crippen LogP contribution in [0.1, 0.15) is 30.4 Å². The summed E-state index contributed by atoms with van der Waals surface area (Å²) in [6.07, 6.45) is 1.38. The lowest BCUT2D eigenvalue weighted by atomic mass is 9.78. The number of nitrogens with one attached hydrogen (secondary N) is 1. The number of rotatable bonds is 9. The van der Waals surface area contributed by atoms with E-state index >= 15 is 4.39 Å². The lowest BCUT2D eigenvalue weighted by molar-refractivity contribution is -0.130. The molecule has 30 heavy (non-hydrogen) atoms. The van der Waals surface area contributed by atoms with Gasteiger partial charge in [0.05, 0.1) is 13.7 Å². The fourth-order valence-corrected chi connectivity index (χ4v) is 4.20. The van der Waals surface area contributed by atoms with E-state index in [0.717, 1.165) is 18.5 Å². The zero-order chi connectivity index (χ0) is 21.6. The van der Waals surface area contributed by atoms with Crippen LogP contribution < -0.4 is 10.1 Å². The van der Waals surface area contributed by atoms with Gasteiger partial charge in [0, 0.05) is 37.9 Å². The van der Waals surface area contributed by atoms with Crippen LogP contribution in [-0.4, -0.2) is 51.7 Å². The number of aliphatic hydroxyl groups is 1. The van der Waals surface area contributed by atoms with Gasteiger partial charge in [0.2, 0.25) is 0 Å². The van der Waals surface area contributed by atoms with Crippen molar-refractivity contribution in [3.63, 3.8) is 0 Å². The first-order chi connectivity index (χ1) is 14.5. The van der Waals surface area contributed by atoms with Crippen molar-refractivity contribution in [1.29, 1.82) is 0 Å². The monoisotopic (exact) mass is 417 g/mol. The highest BCUT2D eigenvalue weighted by Crippen LogP contribution is 2.45. The molecule has 0 radical (unpaired) electrons. The second-order valence-electron chi connectivity index (χ2n) is 7.81. The topological polar surface area (TPSA) is 60.0 Å². The maximum absolute atomic E-state index is 15.3. The van der Waals surface area contributed by atoms with Crippen LogP contribution in [0.15, 0.2) is 36.4 Å². The average Bonchev–Trinajstić information content (AvgIpc) is 2.77. The van der Waals surface area contributed by atoms with Crippen molar-refractivity contribution >= 4 is 0 Å². The predicted molar refractivity (Wildman–Crippen MR) is 115 cm³/mol. The minimum atomic E-state index is -1.42. The van der Waals surface area contributed by atoms with Crippen molar-refractivity contribution in [2.24, 2.45) is 0 Å². The molecule has 2 N–H and O–H groups in total. The molecule has 0 saturated carbocycles. The fourth-order valence-electron chi connectivity index (χ4n) is 4.20. The molecule has 1 heterocycles. The molecule has 0 amide bonds. The van der Waals surface area contributed by atoms with Gasteiger partial charge in [-0.1, -0.05) is 29.8 Å². The van der Waals surface area contributed by atoms with Crippen molar-refractivity contribution in [2.45, 2.75) is 37.9 Å². The SMILES string of the molecule is COCCCC[C@@](O)(c1c(OC)ccc(F)c1-c1cccc(C)c1)[C@H]1CNCCO1. The summed E-state index contributed by atoms with van der Waals surface area (Å²) in [5.41, 5.74) is 1.11. The third-order valence-corrected chi connectivity index (χ3v) is 5.69. The Kier molecular flexibility index (Phi) is 7.83. The van der Waals surface area contributed by atoms with Gasteiger partial charge in [0.25, 0.3) is 0 Å². The molecule has 1 aliphatic heterocycles. The number of halogens is 1. The molecule has 2 aromatic carbocycles. The van der Waals surface area contributed by atoms with Gasteiger partial charge < -0.3 is 24.6 Å². The molecule has 2 atom stereocenters. The molecule has 1 fully saturated rings. The van der Waals surface area contributed by atoms with Crippen LogP contribution in [0.5, 0.6) is 5.75 Å². The summed E-state index contributed by atoms with van der Waals surface area (Å²) in [6.45, 7) is 4.26. The first-order valence-electron chi connectivity index (χ1n) is 10.5. The number of methoxy groups -OCH3 is 2. The van der Waals surface area contributed by atoms with Crippen molar-refractivity contribution < 1.29 is 23.7 Å². The fraction of sp³-hybridized carbons (Fsp3) is 0.500. The molecule has 0 aliphatic carbocycles. The highest BCUT2D eigenvalue weighted by atomic mass is 19.1. The van der Waals surface area contributed by atoms with Crippen LogP contribution in [0, 0.1) is 12.7 Å². The first kappa shape index (κ1) is 22.7. The summed E-state index contributed by atoms with van der Waals surface area (Å²) >= 11 is 0. The standard InChI is InChI=1S/C24H32FNO4/c1-17-7-6-8-18(15-17)22-19(25)9-10-20(29-3)23(22)24(27,11-4-5-13-28-2)21-16-26-12-14-30-21/h6-10,15,21,26-27H,4-5,11-14,16H2,1-3H3/t21-,24+/m1/s1. The summed E-state index contributed by atoms with van der Waals surface area (Å²) in [7, 11) is 3.20. The highest BCUT2D eigenvalue weighted by molar-refractivity contribution is 5.73. The molecule has 1 aliphatic rings. The summed E-state index contributed by atoms with van der Waals surface area (Å²) in [4.78, 5) is 0. The van der Waals surface area contributed by atoms with Crippen molar-refractivity contribution in [3.05, 3.63) is 53.3 Å². The van der Waals surface area contributed by atoms with Crippen molar-refractivity contribution in [2.75, 3.05) is 40.5 Å². The average molecular weight is 418 g/mol. The maximum Gasteiger partial charge on any atom is 0.131 e. The molecule has 0 spiro atoms. The molecule has 2 aromatic rings. The Morgan fingerprint density at radius 2 is 2.07 bits per heavy atom. The van der Waals surface area contributed by atoms with Gasteiger partial charge in [-0.05, 0) is 43.9 Å². The summed E-state index contributed by atoms with van der Waals surface area (Å²) in [5, 5.41) is 15.4. The molecule has 1 saturated heterocycles. The van der Waals surface area contributed by atoms with Gasteiger partial charge in [-0.2, -0.15) is 0 Å². The van der Waals surface area contributed by atoms with Crippen molar-refractivity contribution in [1.82, 2.24) is 5.32 Å². The Hall–Kier alpha value is -1.99.